The van der Waals surface area contributed by atoms with Crippen LogP contribution in [0, 0.1) is 17.8 Å². The first-order chi connectivity index (χ1) is 10.6. The highest BCUT2D eigenvalue weighted by molar-refractivity contribution is 5.38. The van der Waals surface area contributed by atoms with Gasteiger partial charge in [0.15, 0.2) is 5.82 Å². The van der Waals surface area contributed by atoms with Gasteiger partial charge in [0.2, 0.25) is 5.88 Å². The maximum atomic E-state index is 5.05. The molecule has 0 saturated heterocycles. The number of methoxy groups -OCH3 is 1. The van der Waals surface area contributed by atoms with Crippen molar-refractivity contribution in [1.82, 2.24) is 15.1 Å². The number of aromatic nitrogens is 2. The Hall–Kier alpha value is -1.80. The molecule has 1 aromatic rings. The van der Waals surface area contributed by atoms with Crippen molar-refractivity contribution in [3.63, 3.8) is 0 Å². The van der Waals surface area contributed by atoms with Gasteiger partial charge in [-0.05, 0) is 45.8 Å². The molecular formula is C17H26N4O. The number of ether oxygens (including phenoxy) is 1. The Morgan fingerprint density at radius 1 is 1.14 bits per heavy atom. The average molecular weight is 302 g/mol. The molecule has 0 bridgehead atoms. The fraction of sp³-hybridized carbons (Fsp3) is 0.647. The lowest BCUT2D eigenvalue weighted by Crippen LogP contribution is -2.35. The summed E-state index contributed by atoms with van der Waals surface area (Å²) in [6, 6.07) is 4.35. The van der Waals surface area contributed by atoms with E-state index in [1.54, 1.807) is 7.11 Å². The van der Waals surface area contributed by atoms with Crippen LogP contribution in [0.4, 0.5) is 5.82 Å². The molecule has 0 unspecified atom stereocenters. The smallest absolute Gasteiger partial charge is 0.233 e. The minimum atomic E-state index is 0.523. The van der Waals surface area contributed by atoms with Crippen LogP contribution in [0.2, 0.25) is 0 Å². The minimum Gasteiger partial charge on any atom is -0.480 e. The second kappa shape index (κ2) is 8.00. The minimum absolute atomic E-state index is 0.523. The zero-order chi connectivity index (χ0) is 15.9. The summed E-state index contributed by atoms with van der Waals surface area (Å²) in [6.45, 7) is 0.848. The van der Waals surface area contributed by atoms with Gasteiger partial charge in [0, 0.05) is 25.1 Å². The van der Waals surface area contributed by atoms with E-state index in [-0.39, 0.29) is 0 Å². The van der Waals surface area contributed by atoms with E-state index in [9.17, 15) is 0 Å². The lowest BCUT2D eigenvalue weighted by atomic mass is 9.86. The number of nitrogens with zero attached hydrogens (tertiary/aromatic N) is 4. The third kappa shape index (κ3) is 4.60. The van der Waals surface area contributed by atoms with E-state index in [0.29, 0.717) is 17.8 Å². The van der Waals surface area contributed by atoms with Crippen molar-refractivity contribution < 1.29 is 4.74 Å². The molecule has 0 aliphatic heterocycles. The Balaban J connectivity index is 1.85. The van der Waals surface area contributed by atoms with E-state index >= 15 is 0 Å². The third-order valence-electron chi connectivity index (χ3n) is 4.14. The molecule has 1 aliphatic carbocycles. The van der Waals surface area contributed by atoms with Crippen molar-refractivity contribution in [2.45, 2.75) is 31.7 Å². The van der Waals surface area contributed by atoms with E-state index < -0.39 is 0 Å². The largest absolute Gasteiger partial charge is 0.480 e. The maximum Gasteiger partial charge on any atom is 0.233 e. The normalized spacial score (nSPS) is 21.1. The van der Waals surface area contributed by atoms with Gasteiger partial charge >= 0.3 is 0 Å². The molecule has 1 aliphatic rings. The molecule has 120 valence electrons. The highest BCUT2D eigenvalue weighted by Crippen LogP contribution is 2.28. The number of hydrogen-bond donors (Lipinski definition) is 0. The van der Waals surface area contributed by atoms with Crippen LogP contribution in [0.1, 0.15) is 25.7 Å². The molecule has 1 aromatic heterocycles. The molecule has 0 N–H and O–H groups in total. The van der Waals surface area contributed by atoms with Gasteiger partial charge in [0.1, 0.15) is 0 Å². The zero-order valence-corrected chi connectivity index (χ0v) is 14.0. The van der Waals surface area contributed by atoms with E-state index in [1.807, 2.05) is 12.1 Å². The van der Waals surface area contributed by atoms with Crippen molar-refractivity contribution in [1.29, 1.82) is 0 Å². The Bertz CT molecular complexity index is 510. The third-order valence-corrected chi connectivity index (χ3v) is 4.14. The molecule has 0 spiro atoms. The van der Waals surface area contributed by atoms with E-state index in [4.69, 9.17) is 4.74 Å². The molecule has 0 radical (unpaired) electrons. The first-order valence-corrected chi connectivity index (χ1v) is 7.84. The van der Waals surface area contributed by atoms with Crippen molar-refractivity contribution in [2.24, 2.45) is 5.92 Å². The van der Waals surface area contributed by atoms with Gasteiger partial charge in [-0.1, -0.05) is 11.8 Å². The van der Waals surface area contributed by atoms with Crippen LogP contribution in [0.25, 0.3) is 0 Å². The van der Waals surface area contributed by atoms with Gasteiger partial charge in [-0.25, -0.2) is 0 Å². The lowest BCUT2D eigenvalue weighted by Gasteiger charge is -2.33. The van der Waals surface area contributed by atoms with Crippen LogP contribution < -0.4 is 9.64 Å². The summed E-state index contributed by atoms with van der Waals surface area (Å²) in [6.07, 6.45) is 4.65. The SMILES string of the molecule is COc1ccc(N(C)C2CCC(C#CCN(C)C)CC2)nn1. The summed E-state index contributed by atoms with van der Waals surface area (Å²) >= 11 is 0. The molecule has 5 nitrogen and oxygen atoms in total. The predicted molar refractivity (Wildman–Crippen MR) is 89.1 cm³/mol. The van der Waals surface area contributed by atoms with Gasteiger partial charge in [-0.15, -0.1) is 10.2 Å². The molecule has 5 heteroatoms. The van der Waals surface area contributed by atoms with Gasteiger partial charge in [0.05, 0.1) is 13.7 Å². The van der Waals surface area contributed by atoms with Crippen molar-refractivity contribution in [2.75, 3.05) is 39.7 Å². The zero-order valence-electron chi connectivity index (χ0n) is 14.0. The highest BCUT2D eigenvalue weighted by atomic mass is 16.5. The van der Waals surface area contributed by atoms with E-state index in [2.05, 4.69) is 53.0 Å². The quantitative estimate of drug-likeness (QED) is 0.796. The molecule has 22 heavy (non-hydrogen) atoms. The lowest BCUT2D eigenvalue weighted by molar-refractivity contribution is 0.370. The summed E-state index contributed by atoms with van der Waals surface area (Å²) < 4.78 is 5.05. The summed E-state index contributed by atoms with van der Waals surface area (Å²) in [5, 5.41) is 8.27. The first kappa shape index (κ1) is 16.6. The van der Waals surface area contributed by atoms with Crippen LogP contribution in [0.3, 0.4) is 0 Å². The number of rotatable bonds is 4. The first-order valence-electron chi connectivity index (χ1n) is 7.84. The molecule has 0 aromatic carbocycles. The molecule has 1 heterocycles. The summed E-state index contributed by atoms with van der Waals surface area (Å²) in [7, 11) is 7.80. The summed E-state index contributed by atoms with van der Waals surface area (Å²) in [4.78, 5) is 4.34. The Kier molecular flexibility index (Phi) is 6.02. The van der Waals surface area contributed by atoms with Crippen molar-refractivity contribution in [3.8, 4) is 17.7 Å². The molecule has 2 rings (SSSR count). The topological polar surface area (TPSA) is 41.5 Å². The Morgan fingerprint density at radius 3 is 2.41 bits per heavy atom. The summed E-state index contributed by atoms with van der Waals surface area (Å²) in [5.41, 5.74) is 0. The fourth-order valence-corrected chi connectivity index (χ4v) is 2.75. The average Bonchev–Trinajstić information content (AvgIpc) is 2.54. The second-order valence-corrected chi connectivity index (χ2v) is 6.11. The van der Waals surface area contributed by atoms with Gasteiger partial charge < -0.3 is 9.64 Å². The summed E-state index contributed by atoms with van der Waals surface area (Å²) in [5.74, 6) is 8.69. The molecule has 1 saturated carbocycles. The van der Waals surface area contributed by atoms with E-state index in [0.717, 1.165) is 25.2 Å². The predicted octanol–water partition coefficient (Wildman–Crippen LogP) is 2.05. The fourth-order valence-electron chi connectivity index (χ4n) is 2.75. The van der Waals surface area contributed by atoms with E-state index in [1.165, 1.54) is 12.8 Å². The highest BCUT2D eigenvalue weighted by Gasteiger charge is 2.24. The van der Waals surface area contributed by atoms with Crippen LogP contribution in [0.5, 0.6) is 5.88 Å². The van der Waals surface area contributed by atoms with Gasteiger partial charge in [-0.3, -0.25) is 4.90 Å². The van der Waals surface area contributed by atoms with Crippen LogP contribution in [-0.4, -0.2) is 55.9 Å². The van der Waals surface area contributed by atoms with Crippen molar-refractivity contribution >= 4 is 5.82 Å². The van der Waals surface area contributed by atoms with Gasteiger partial charge in [-0.2, -0.15) is 0 Å². The number of hydrogen-bond acceptors (Lipinski definition) is 5. The van der Waals surface area contributed by atoms with Crippen LogP contribution >= 0.6 is 0 Å². The Morgan fingerprint density at radius 2 is 1.86 bits per heavy atom. The van der Waals surface area contributed by atoms with Crippen LogP contribution in [-0.2, 0) is 0 Å². The molecule has 0 atom stereocenters. The maximum absolute atomic E-state index is 5.05. The second-order valence-electron chi connectivity index (χ2n) is 6.11. The monoisotopic (exact) mass is 302 g/mol. The molecule has 1 fully saturated rings. The number of anilines is 1. The Labute approximate surface area is 133 Å². The van der Waals surface area contributed by atoms with Crippen LogP contribution in [0.15, 0.2) is 12.1 Å². The van der Waals surface area contributed by atoms with Crippen molar-refractivity contribution in [3.05, 3.63) is 12.1 Å². The molecule has 0 amide bonds. The van der Waals surface area contributed by atoms with Gasteiger partial charge in [0.25, 0.3) is 0 Å². The molecular weight excluding hydrogens is 276 g/mol. The standard InChI is InChI=1S/C17H26N4O/c1-20(2)13-5-6-14-7-9-15(10-8-14)21(3)16-11-12-17(22-4)19-18-16/h11-12,14-15H,7-10,13H2,1-4H3.